The van der Waals surface area contributed by atoms with Gasteiger partial charge in [-0.3, -0.25) is 0 Å². The molecule has 1 fully saturated rings. The number of nitrogens with one attached hydrogen (secondary N) is 1. The molecule has 1 unspecified atom stereocenters. The molecule has 1 N–H and O–H groups in total. The number of amides is 2. The van der Waals surface area contributed by atoms with E-state index in [0.29, 0.717) is 23.8 Å². The second-order valence-corrected chi connectivity index (χ2v) is 6.99. The van der Waals surface area contributed by atoms with Crippen LogP contribution in [0, 0.1) is 5.82 Å². The summed E-state index contributed by atoms with van der Waals surface area (Å²) in [5, 5.41) is 6.92. The van der Waals surface area contributed by atoms with E-state index in [0.717, 1.165) is 12.8 Å². The molecule has 1 atom stereocenters. The smallest absolute Gasteiger partial charge is 0.318 e. The third kappa shape index (κ3) is 3.55. The van der Waals surface area contributed by atoms with Crippen LogP contribution in [0.25, 0.3) is 11.4 Å². The first-order valence-corrected chi connectivity index (χ1v) is 8.02. The molecule has 0 radical (unpaired) electrons. The third-order valence-electron chi connectivity index (χ3n) is 3.82. The number of benzene rings is 1. The van der Waals surface area contributed by atoms with Crippen LogP contribution in [-0.2, 0) is 0 Å². The predicted molar refractivity (Wildman–Crippen MR) is 86.7 cm³/mol. The van der Waals surface area contributed by atoms with E-state index >= 15 is 0 Å². The molecule has 2 amide bonds. The van der Waals surface area contributed by atoms with Crippen LogP contribution in [-0.4, -0.2) is 33.2 Å². The van der Waals surface area contributed by atoms with E-state index < -0.39 is 0 Å². The monoisotopic (exact) mass is 332 g/mol. The largest absolute Gasteiger partial charge is 0.337 e. The second-order valence-electron chi connectivity index (χ2n) is 6.99. The Bertz CT molecular complexity index is 721. The molecule has 1 aromatic carbocycles. The summed E-state index contributed by atoms with van der Waals surface area (Å²) in [5.41, 5.74) is 0.369. The molecule has 3 rings (SSSR count). The highest BCUT2D eigenvalue weighted by Gasteiger charge is 2.35. The zero-order chi connectivity index (χ0) is 17.3. The van der Waals surface area contributed by atoms with Crippen LogP contribution in [0.3, 0.4) is 0 Å². The van der Waals surface area contributed by atoms with Gasteiger partial charge in [-0.2, -0.15) is 4.98 Å². The predicted octanol–water partition coefficient (Wildman–Crippen LogP) is 3.52. The van der Waals surface area contributed by atoms with Gasteiger partial charge in [-0.05, 0) is 57.9 Å². The number of urea groups is 1. The van der Waals surface area contributed by atoms with E-state index in [-0.39, 0.29) is 23.4 Å². The zero-order valence-electron chi connectivity index (χ0n) is 14.0. The van der Waals surface area contributed by atoms with Gasteiger partial charge in [-0.15, -0.1) is 0 Å². The normalized spacial score (nSPS) is 18.0. The van der Waals surface area contributed by atoms with E-state index in [1.165, 1.54) is 12.1 Å². The lowest BCUT2D eigenvalue weighted by Gasteiger charge is -2.28. The van der Waals surface area contributed by atoms with Gasteiger partial charge in [0.2, 0.25) is 11.7 Å². The molecule has 0 aliphatic carbocycles. The fourth-order valence-electron chi connectivity index (χ4n) is 2.75. The lowest BCUT2D eigenvalue weighted by molar-refractivity contribution is 0.172. The summed E-state index contributed by atoms with van der Waals surface area (Å²) in [6.07, 6.45) is 1.67. The van der Waals surface area contributed by atoms with Crippen molar-refractivity contribution in [3.8, 4) is 11.4 Å². The third-order valence-corrected chi connectivity index (χ3v) is 3.82. The van der Waals surface area contributed by atoms with Crippen molar-refractivity contribution in [2.45, 2.75) is 45.2 Å². The Kier molecular flexibility index (Phi) is 4.26. The number of likely N-dealkylation sites (tertiary alicyclic amines) is 1. The van der Waals surface area contributed by atoms with E-state index in [1.807, 2.05) is 20.8 Å². The highest BCUT2D eigenvalue weighted by Crippen LogP contribution is 2.32. The molecule has 1 aliphatic rings. The van der Waals surface area contributed by atoms with Gasteiger partial charge in [-0.25, -0.2) is 9.18 Å². The average molecular weight is 332 g/mol. The van der Waals surface area contributed by atoms with Gasteiger partial charge < -0.3 is 14.7 Å². The topological polar surface area (TPSA) is 71.3 Å². The number of hydrogen-bond acceptors (Lipinski definition) is 4. The average Bonchev–Trinajstić information content (AvgIpc) is 3.15. The maximum atomic E-state index is 13.0. The molecule has 1 aliphatic heterocycles. The molecular formula is C17H21FN4O2. The van der Waals surface area contributed by atoms with Gasteiger partial charge in [0.15, 0.2) is 0 Å². The standard InChI is InChI=1S/C17H21FN4O2/c1-17(2,3)20-16(23)22-10-4-5-13(22)15-19-14(21-24-15)11-6-8-12(18)9-7-11/h6-9,13H,4-5,10H2,1-3H3,(H,20,23). The Morgan fingerprint density at radius 3 is 2.71 bits per heavy atom. The summed E-state index contributed by atoms with van der Waals surface area (Å²) >= 11 is 0. The van der Waals surface area contributed by atoms with Gasteiger partial charge >= 0.3 is 6.03 Å². The van der Waals surface area contributed by atoms with Crippen molar-refractivity contribution in [1.29, 1.82) is 0 Å². The minimum atomic E-state index is -0.316. The lowest BCUT2D eigenvalue weighted by atomic mass is 10.1. The molecular weight excluding hydrogens is 311 g/mol. The van der Waals surface area contributed by atoms with E-state index in [4.69, 9.17) is 4.52 Å². The summed E-state index contributed by atoms with van der Waals surface area (Å²) in [4.78, 5) is 18.6. The molecule has 0 bridgehead atoms. The van der Waals surface area contributed by atoms with Gasteiger partial charge in [0.05, 0.1) is 0 Å². The summed E-state index contributed by atoms with van der Waals surface area (Å²) in [6, 6.07) is 5.54. The summed E-state index contributed by atoms with van der Waals surface area (Å²) in [6.45, 7) is 6.47. The number of halogens is 1. The molecule has 0 saturated carbocycles. The van der Waals surface area contributed by atoms with E-state index in [9.17, 15) is 9.18 Å². The Balaban J connectivity index is 1.78. The summed E-state index contributed by atoms with van der Waals surface area (Å²) < 4.78 is 18.4. The van der Waals surface area contributed by atoms with Crippen molar-refractivity contribution in [2.24, 2.45) is 0 Å². The van der Waals surface area contributed by atoms with Crippen molar-refractivity contribution in [2.75, 3.05) is 6.54 Å². The number of carbonyl (C=O) groups excluding carboxylic acids is 1. The van der Waals surface area contributed by atoms with E-state index in [1.54, 1.807) is 17.0 Å². The maximum Gasteiger partial charge on any atom is 0.318 e. The highest BCUT2D eigenvalue weighted by molar-refractivity contribution is 5.75. The Morgan fingerprint density at radius 1 is 1.33 bits per heavy atom. The number of aromatic nitrogens is 2. The van der Waals surface area contributed by atoms with Crippen LogP contribution in [0.1, 0.15) is 45.5 Å². The fraction of sp³-hybridized carbons (Fsp3) is 0.471. The molecule has 1 aromatic heterocycles. The Hall–Kier alpha value is -2.44. The van der Waals surface area contributed by atoms with Crippen molar-refractivity contribution >= 4 is 6.03 Å². The number of nitrogens with zero attached hydrogens (tertiary/aromatic N) is 3. The molecule has 128 valence electrons. The SMILES string of the molecule is CC(C)(C)NC(=O)N1CCCC1c1nc(-c2ccc(F)cc2)no1. The van der Waals surface area contributed by atoms with Crippen molar-refractivity contribution < 1.29 is 13.7 Å². The Morgan fingerprint density at radius 2 is 2.04 bits per heavy atom. The molecule has 2 aromatic rings. The van der Waals surface area contributed by atoms with E-state index in [2.05, 4.69) is 15.5 Å². The van der Waals surface area contributed by atoms with Crippen molar-refractivity contribution in [3.63, 3.8) is 0 Å². The zero-order valence-corrected chi connectivity index (χ0v) is 14.0. The van der Waals surface area contributed by atoms with Gasteiger partial charge in [-0.1, -0.05) is 5.16 Å². The van der Waals surface area contributed by atoms with Crippen molar-refractivity contribution in [1.82, 2.24) is 20.4 Å². The number of carbonyl (C=O) groups is 1. The molecule has 1 saturated heterocycles. The molecule has 0 spiro atoms. The lowest BCUT2D eigenvalue weighted by Crippen LogP contribution is -2.48. The minimum Gasteiger partial charge on any atom is -0.337 e. The summed E-state index contributed by atoms with van der Waals surface area (Å²) in [5.74, 6) is 0.493. The van der Waals surface area contributed by atoms with Crippen LogP contribution >= 0.6 is 0 Å². The molecule has 2 heterocycles. The van der Waals surface area contributed by atoms with Crippen LogP contribution in [0.2, 0.25) is 0 Å². The van der Waals surface area contributed by atoms with Crippen LogP contribution < -0.4 is 5.32 Å². The number of rotatable bonds is 2. The van der Waals surface area contributed by atoms with Crippen molar-refractivity contribution in [3.05, 3.63) is 36.0 Å². The quantitative estimate of drug-likeness (QED) is 0.913. The van der Waals surface area contributed by atoms with Crippen LogP contribution in [0.15, 0.2) is 28.8 Å². The molecule has 7 heteroatoms. The van der Waals surface area contributed by atoms with Gasteiger partial charge in [0, 0.05) is 17.6 Å². The highest BCUT2D eigenvalue weighted by atomic mass is 19.1. The molecule has 6 nitrogen and oxygen atoms in total. The van der Waals surface area contributed by atoms with Crippen LogP contribution in [0.5, 0.6) is 0 Å². The first-order valence-electron chi connectivity index (χ1n) is 8.02. The first kappa shape index (κ1) is 16.4. The van der Waals surface area contributed by atoms with Gasteiger partial charge in [0.25, 0.3) is 0 Å². The fourth-order valence-corrected chi connectivity index (χ4v) is 2.75. The minimum absolute atomic E-state index is 0.133. The van der Waals surface area contributed by atoms with Crippen LogP contribution in [0.4, 0.5) is 9.18 Å². The Labute approximate surface area is 140 Å². The first-order chi connectivity index (χ1) is 11.3. The maximum absolute atomic E-state index is 13.0. The summed E-state index contributed by atoms with van der Waals surface area (Å²) in [7, 11) is 0. The number of hydrogen-bond donors (Lipinski definition) is 1. The van der Waals surface area contributed by atoms with Gasteiger partial charge in [0.1, 0.15) is 11.9 Å². The molecule has 24 heavy (non-hydrogen) atoms. The second kappa shape index (κ2) is 6.22.